The van der Waals surface area contributed by atoms with Gasteiger partial charge in [-0.3, -0.25) is 9.78 Å². The SMILES string of the molecule is O=c1[nH]c(=S)[nH]cc1[C@@H]1OC(CO)=C(O)C1O. The molecule has 0 bridgehead atoms. The number of aliphatic hydroxyl groups excluding tert-OH is 3. The molecule has 17 heavy (non-hydrogen) atoms. The number of aliphatic hydroxyl groups is 3. The summed E-state index contributed by atoms with van der Waals surface area (Å²) < 4.78 is 5.24. The summed E-state index contributed by atoms with van der Waals surface area (Å²) in [6.07, 6.45) is -1.15. The van der Waals surface area contributed by atoms with E-state index in [4.69, 9.17) is 22.1 Å². The Bertz CT molecular complexity index is 575. The van der Waals surface area contributed by atoms with Crippen LogP contribution in [0.5, 0.6) is 0 Å². The average molecular weight is 258 g/mol. The molecular weight excluding hydrogens is 248 g/mol. The van der Waals surface area contributed by atoms with Gasteiger partial charge in [-0.05, 0) is 12.2 Å². The van der Waals surface area contributed by atoms with E-state index in [1.165, 1.54) is 6.20 Å². The van der Waals surface area contributed by atoms with Crippen LogP contribution in [0.15, 0.2) is 22.5 Å². The molecule has 0 radical (unpaired) electrons. The lowest BCUT2D eigenvalue weighted by Gasteiger charge is -2.14. The van der Waals surface area contributed by atoms with Crippen molar-refractivity contribution in [2.45, 2.75) is 12.2 Å². The summed E-state index contributed by atoms with van der Waals surface area (Å²) >= 11 is 4.72. The lowest BCUT2D eigenvalue weighted by atomic mass is 10.1. The molecule has 0 spiro atoms. The first-order chi connectivity index (χ1) is 8.04. The quantitative estimate of drug-likeness (QED) is 0.462. The van der Waals surface area contributed by atoms with Crippen LogP contribution >= 0.6 is 12.2 Å². The molecule has 2 rings (SSSR count). The van der Waals surface area contributed by atoms with Gasteiger partial charge < -0.3 is 25.0 Å². The van der Waals surface area contributed by atoms with Crippen molar-refractivity contribution < 1.29 is 20.1 Å². The molecule has 1 aromatic heterocycles. The molecule has 92 valence electrons. The van der Waals surface area contributed by atoms with Crippen LogP contribution in [0.25, 0.3) is 0 Å². The van der Waals surface area contributed by atoms with Crippen LogP contribution in [-0.4, -0.2) is 38.0 Å². The molecule has 7 nitrogen and oxygen atoms in total. The first kappa shape index (κ1) is 11.8. The molecule has 2 atom stereocenters. The molecule has 1 aliphatic heterocycles. The molecular formula is C9H10N2O5S. The van der Waals surface area contributed by atoms with Gasteiger partial charge in [-0.15, -0.1) is 0 Å². The normalized spacial score (nSPS) is 23.9. The number of nitrogens with one attached hydrogen (secondary N) is 2. The third-order valence-corrected chi connectivity index (χ3v) is 2.64. The Morgan fingerprint density at radius 3 is 2.76 bits per heavy atom. The van der Waals surface area contributed by atoms with Crippen molar-refractivity contribution in [3.05, 3.63) is 38.4 Å². The number of aromatic amines is 2. The zero-order valence-corrected chi connectivity index (χ0v) is 9.32. The topological polar surface area (TPSA) is 119 Å². The Morgan fingerprint density at radius 1 is 1.53 bits per heavy atom. The summed E-state index contributed by atoms with van der Waals surface area (Å²) in [4.78, 5) is 16.5. The fraction of sp³-hybridized carbons (Fsp3) is 0.333. The second kappa shape index (κ2) is 4.32. The highest BCUT2D eigenvalue weighted by Gasteiger charge is 2.37. The van der Waals surface area contributed by atoms with Gasteiger partial charge >= 0.3 is 0 Å². The summed E-state index contributed by atoms with van der Waals surface area (Å²) in [5.41, 5.74) is -0.439. The number of hydrogen-bond donors (Lipinski definition) is 5. The lowest BCUT2D eigenvalue weighted by Crippen LogP contribution is -2.24. The zero-order chi connectivity index (χ0) is 12.6. The van der Waals surface area contributed by atoms with Gasteiger partial charge in [0.25, 0.3) is 5.56 Å². The Hall–Kier alpha value is -1.64. The first-order valence-electron chi connectivity index (χ1n) is 4.74. The molecule has 0 saturated carbocycles. The van der Waals surface area contributed by atoms with Gasteiger partial charge in [-0.2, -0.15) is 0 Å². The first-order valence-corrected chi connectivity index (χ1v) is 5.15. The van der Waals surface area contributed by atoms with E-state index < -0.39 is 30.1 Å². The van der Waals surface area contributed by atoms with Crippen LogP contribution in [0.2, 0.25) is 0 Å². The molecule has 2 heterocycles. The van der Waals surface area contributed by atoms with Gasteiger partial charge in [0.05, 0.1) is 5.56 Å². The van der Waals surface area contributed by atoms with Crippen molar-refractivity contribution in [3.8, 4) is 0 Å². The van der Waals surface area contributed by atoms with Crippen molar-refractivity contribution in [2.24, 2.45) is 0 Å². The predicted molar refractivity (Wildman–Crippen MR) is 58.8 cm³/mol. The van der Waals surface area contributed by atoms with E-state index in [9.17, 15) is 15.0 Å². The molecule has 5 N–H and O–H groups in total. The monoisotopic (exact) mass is 258 g/mol. The van der Waals surface area contributed by atoms with Crippen LogP contribution in [0.1, 0.15) is 11.7 Å². The fourth-order valence-corrected chi connectivity index (χ4v) is 1.72. The van der Waals surface area contributed by atoms with E-state index >= 15 is 0 Å². The number of hydrogen-bond acceptors (Lipinski definition) is 6. The summed E-state index contributed by atoms with van der Waals surface area (Å²) in [5.74, 6) is -0.622. The van der Waals surface area contributed by atoms with Crippen LogP contribution in [0.4, 0.5) is 0 Å². The smallest absolute Gasteiger partial charge is 0.258 e. The second-order valence-corrected chi connectivity index (χ2v) is 3.89. The number of H-pyrrole nitrogens is 2. The van der Waals surface area contributed by atoms with E-state index in [2.05, 4.69) is 9.97 Å². The van der Waals surface area contributed by atoms with E-state index in [-0.39, 0.29) is 16.1 Å². The highest BCUT2D eigenvalue weighted by atomic mass is 32.1. The average Bonchev–Trinajstić information content (AvgIpc) is 2.57. The predicted octanol–water partition coefficient (Wildman–Crippen LogP) is -0.373. The van der Waals surface area contributed by atoms with Crippen molar-refractivity contribution in [3.63, 3.8) is 0 Å². The lowest BCUT2D eigenvalue weighted by molar-refractivity contribution is 0.0313. The Balaban J connectivity index is 2.39. The summed E-state index contributed by atoms with van der Waals surface area (Å²) in [6, 6.07) is 0. The highest BCUT2D eigenvalue weighted by molar-refractivity contribution is 7.71. The van der Waals surface area contributed by atoms with Gasteiger partial charge in [0.1, 0.15) is 6.61 Å². The summed E-state index contributed by atoms with van der Waals surface area (Å²) in [6.45, 7) is -0.555. The minimum absolute atomic E-state index is 0.0844. The van der Waals surface area contributed by atoms with Crippen molar-refractivity contribution in [2.75, 3.05) is 6.61 Å². The van der Waals surface area contributed by atoms with Crippen LogP contribution < -0.4 is 5.56 Å². The van der Waals surface area contributed by atoms with Crippen LogP contribution in [-0.2, 0) is 4.74 Å². The molecule has 1 unspecified atom stereocenters. The fourth-order valence-electron chi connectivity index (χ4n) is 1.57. The summed E-state index contributed by atoms with van der Waals surface area (Å²) in [7, 11) is 0. The Labute approximate surface area is 100 Å². The molecule has 0 amide bonds. The number of ether oxygens (including phenoxy) is 1. The maximum atomic E-state index is 11.6. The van der Waals surface area contributed by atoms with Crippen LogP contribution in [0.3, 0.4) is 0 Å². The molecule has 0 fully saturated rings. The van der Waals surface area contributed by atoms with Gasteiger partial charge in [0.2, 0.25) is 0 Å². The van der Waals surface area contributed by atoms with Gasteiger partial charge in [0.15, 0.2) is 28.5 Å². The van der Waals surface area contributed by atoms with Crippen LogP contribution in [0, 0.1) is 4.77 Å². The molecule has 8 heteroatoms. The zero-order valence-electron chi connectivity index (χ0n) is 8.51. The highest BCUT2D eigenvalue weighted by Crippen LogP contribution is 2.33. The Morgan fingerprint density at radius 2 is 2.24 bits per heavy atom. The summed E-state index contributed by atoms with van der Waals surface area (Å²) in [5, 5.41) is 28.0. The molecule has 1 aliphatic rings. The second-order valence-electron chi connectivity index (χ2n) is 3.48. The van der Waals surface area contributed by atoms with Gasteiger partial charge in [-0.25, -0.2) is 0 Å². The standard InChI is InChI=1S/C9H10N2O5S/c12-2-4-5(13)6(14)7(16-4)3-1-10-9(17)11-8(3)15/h1,6-7,12-14H,2H2,(H2,10,11,15,17)/t6?,7-/m0/s1. The molecule has 0 saturated heterocycles. The number of aromatic nitrogens is 2. The third kappa shape index (κ3) is 1.97. The minimum atomic E-state index is -1.39. The molecule has 0 aliphatic carbocycles. The van der Waals surface area contributed by atoms with E-state index in [0.29, 0.717) is 0 Å². The van der Waals surface area contributed by atoms with E-state index in [1.54, 1.807) is 0 Å². The Kier molecular flexibility index (Phi) is 3.01. The van der Waals surface area contributed by atoms with Crippen molar-refractivity contribution >= 4 is 12.2 Å². The molecule has 1 aromatic rings. The van der Waals surface area contributed by atoms with Gasteiger partial charge in [0, 0.05) is 6.20 Å². The van der Waals surface area contributed by atoms with Crippen molar-refractivity contribution in [1.82, 2.24) is 9.97 Å². The minimum Gasteiger partial charge on any atom is -0.506 e. The maximum Gasteiger partial charge on any atom is 0.258 e. The largest absolute Gasteiger partial charge is 0.506 e. The third-order valence-electron chi connectivity index (χ3n) is 2.42. The molecule has 0 aromatic carbocycles. The van der Waals surface area contributed by atoms with E-state index in [0.717, 1.165) is 0 Å². The van der Waals surface area contributed by atoms with Crippen molar-refractivity contribution in [1.29, 1.82) is 0 Å². The maximum absolute atomic E-state index is 11.6. The van der Waals surface area contributed by atoms with E-state index in [1.807, 2.05) is 0 Å². The number of rotatable bonds is 2. The van der Waals surface area contributed by atoms with Gasteiger partial charge in [-0.1, -0.05) is 0 Å².